The van der Waals surface area contributed by atoms with Crippen LogP contribution in [0.5, 0.6) is 0 Å². The Kier molecular flexibility index (Phi) is 3.46. The number of pyridine rings is 1. The van der Waals surface area contributed by atoms with Gasteiger partial charge in [-0.15, -0.1) is 0 Å². The van der Waals surface area contributed by atoms with E-state index in [0.717, 1.165) is 4.47 Å². The minimum atomic E-state index is 0. The van der Waals surface area contributed by atoms with Crippen molar-refractivity contribution in [1.29, 1.82) is 0 Å². The van der Waals surface area contributed by atoms with Crippen LogP contribution in [0.25, 0.3) is 32.8 Å². The van der Waals surface area contributed by atoms with Gasteiger partial charge in [0.15, 0.2) is 0 Å². The first-order chi connectivity index (χ1) is 9.24. The summed E-state index contributed by atoms with van der Waals surface area (Å²) in [4.78, 5) is 3.49. The highest BCUT2D eigenvalue weighted by Crippen LogP contribution is 2.26. The number of nitrogens with one attached hydrogen (secondary N) is 1. The topological polar surface area (TPSA) is 19.7 Å². The number of nitrogens with zero attached hydrogens (tertiary/aromatic N) is 1. The maximum atomic E-state index is 3.54. The van der Waals surface area contributed by atoms with E-state index in [1.165, 1.54) is 32.8 Å². The number of aromatic amines is 1. The Morgan fingerprint density at radius 1 is 1.00 bits per heavy atom. The average molecular weight is 439 g/mol. The fourth-order valence-electron chi connectivity index (χ4n) is 2.84. The molecule has 4 rings (SSSR count). The third-order valence-corrected chi connectivity index (χ3v) is 4.19. The van der Waals surface area contributed by atoms with E-state index < -0.39 is 0 Å². The van der Waals surface area contributed by atoms with Crippen LogP contribution in [0.1, 0.15) is 0 Å². The van der Waals surface area contributed by atoms with Crippen LogP contribution < -0.4 is 28.5 Å². The van der Waals surface area contributed by atoms with Gasteiger partial charge in [0.25, 0.3) is 0 Å². The molecule has 0 aliphatic heterocycles. The minimum absolute atomic E-state index is 0. The Bertz CT molecular complexity index is 943. The molecule has 2 nitrogen and oxygen atoms in total. The maximum Gasteiger partial charge on any atom is 0.238 e. The third kappa shape index (κ3) is 1.93. The van der Waals surface area contributed by atoms with Crippen molar-refractivity contribution < 1.29 is 28.5 Å². The number of rotatable bonds is 0. The highest BCUT2D eigenvalue weighted by Gasteiger charge is 2.16. The zero-order chi connectivity index (χ0) is 13.0. The molecule has 0 aliphatic rings. The minimum Gasteiger partial charge on any atom is -1.00 e. The molecule has 0 bridgehead atoms. The summed E-state index contributed by atoms with van der Waals surface area (Å²) in [5, 5.41) is 2.50. The van der Waals surface area contributed by atoms with Gasteiger partial charge in [0.05, 0.1) is 10.9 Å². The lowest BCUT2D eigenvalue weighted by molar-refractivity contribution is -0.616. The van der Waals surface area contributed by atoms with E-state index in [4.69, 9.17) is 0 Å². The van der Waals surface area contributed by atoms with Gasteiger partial charge in [0.1, 0.15) is 12.6 Å². The van der Waals surface area contributed by atoms with Crippen LogP contribution >= 0.6 is 15.9 Å². The lowest BCUT2D eigenvalue weighted by atomic mass is 10.1. The van der Waals surface area contributed by atoms with Crippen molar-refractivity contribution in [2.45, 2.75) is 0 Å². The molecule has 100 valence electrons. The molecule has 4 heteroatoms. The predicted octanol–water partition coefficient (Wildman–Crippen LogP) is 1.07. The molecule has 2 aromatic carbocycles. The lowest BCUT2D eigenvalue weighted by Crippen LogP contribution is -3.00. The highest BCUT2D eigenvalue weighted by atomic mass is 127. The number of H-pyrrole nitrogens is 1. The predicted molar refractivity (Wildman–Crippen MR) is 82.2 cm³/mol. The van der Waals surface area contributed by atoms with Crippen molar-refractivity contribution in [3.05, 3.63) is 53.0 Å². The average Bonchev–Trinajstić information content (AvgIpc) is 2.76. The number of aryl methyl sites for hydroxylation is 1. The van der Waals surface area contributed by atoms with Crippen LogP contribution in [0.15, 0.2) is 53.0 Å². The summed E-state index contributed by atoms with van der Waals surface area (Å²) in [5.74, 6) is 0. The Morgan fingerprint density at radius 3 is 2.65 bits per heavy atom. The summed E-state index contributed by atoms with van der Waals surface area (Å²) in [6.45, 7) is 0. The Morgan fingerprint density at radius 2 is 1.80 bits per heavy atom. The van der Waals surface area contributed by atoms with Crippen molar-refractivity contribution >= 4 is 48.8 Å². The van der Waals surface area contributed by atoms with E-state index in [1.54, 1.807) is 0 Å². The van der Waals surface area contributed by atoms with Gasteiger partial charge in [-0.05, 0) is 30.3 Å². The van der Waals surface area contributed by atoms with Gasteiger partial charge < -0.3 is 29.0 Å². The second kappa shape index (κ2) is 5.00. The molecule has 20 heavy (non-hydrogen) atoms. The summed E-state index contributed by atoms with van der Waals surface area (Å²) < 4.78 is 3.37. The summed E-state index contributed by atoms with van der Waals surface area (Å²) in [7, 11) is 2.12. The van der Waals surface area contributed by atoms with Crippen LogP contribution in [-0.4, -0.2) is 4.98 Å². The molecule has 0 fully saturated rings. The van der Waals surface area contributed by atoms with Crippen molar-refractivity contribution in [2.24, 2.45) is 7.05 Å². The smallest absolute Gasteiger partial charge is 0.238 e. The van der Waals surface area contributed by atoms with E-state index in [0.29, 0.717) is 0 Å². The fraction of sp³-hybridized carbons (Fsp3) is 0.0625. The number of aromatic nitrogens is 2. The number of hydrogen-bond donors (Lipinski definition) is 1. The second-order valence-electron chi connectivity index (χ2n) is 4.84. The lowest BCUT2D eigenvalue weighted by Gasteiger charge is -1.99. The zero-order valence-electron chi connectivity index (χ0n) is 10.8. The highest BCUT2D eigenvalue weighted by molar-refractivity contribution is 9.10. The Hall–Kier alpha value is -1.14. The molecule has 0 unspecified atom stereocenters. The van der Waals surface area contributed by atoms with Crippen molar-refractivity contribution in [3.8, 4) is 0 Å². The molecule has 2 aromatic heterocycles. The van der Waals surface area contributed by atoms with Gasteiger partial charge in [-0.2, -0.15) is 4.57 Å². The van der Waals surface area contributed by atoms with E-state index in [-0.39, 0.29) is 24.0 Å². The van der Waals surface area contributed by atoms with Crippen LogP contribution in [0.4, 0.5) is 0 Å². The first-order valence-corrected chi connectivity index (χ1v) is 7.02. The van der Waals surface area contributed by atoms with Crippen LogP contribution in [0.2, 0.25) is 0 Å². The van der Waals surface area contributed by atoms with E-state index in [2.05, 4.69) is 81.1 Å². The first-order valence-electron chi connectivity index (χ1n) is 6.23. The number of benzene rings is 2. The van der Waals surface area contributed by atoms with Gasteiger partial charge in [0.2, 0.25) is 11.0 Å². The molecule has 1 N–H and O–H groups in total. The zero-order valence-corrected chi connectivity index (χ0v) is 14.6. The molecule has 4 aromatic rings. The van der Waals surface area contributed by atoms with Crippen molar-refractivity contribution in [2.75, 3.05) is 0 Å². The van der Waals surface area contributed by atoms with E-state index >= 15 is 0 Å². The van der Waals surface area contributed by atoms with Gasteiger partial charge in [-0.1, -0.05) is 28.1 Å². The number of para-hydroxylation sites is 1. The largest absolute Gasteiger partial charge is 1.00 e. The molecule has 0 atom stereocenters. The van der Waals surface area contributed by atoms with Crippen LogP contribution in [0, 0.1) is 0 Å². The molecule has 0 spiro atoms. The summed E-state index contributed by atoms with van der Waals surface area (Å²) >= 11 is 3.54. The SMILES string of the molecule is C[n+]1c2ccc(Br)cc2cc2[nH]c3ccccc3c21.[I-]. The van der Waals surface area contributed by atoms with E-state index in [9.17, 15) is 0 Å². The maximum absolute atomic E-state index is 3.54. The quantitative estimate of drug-likeness (QED) is 0.313. The molecule has 0 radical (unpaired) electrons. The first kappa shape index (κ1) is 13.8. The van der Waals surface area contributed by atoms with Crippen molar-refractivity contribution in [1.82, 2.24) is 4.98 Å². The molecule has 0 aliphatic carbocycles. The monoisotopic (exact) mass is 438 g/mol. The van der Waals surface area contributed by atoms with Gasteiger partial charge in [0, 0.05) is 15.9 Å². The fourth-order valence-corrected chi connectivity index (χ4v) is 3.21. The standard InChI is InChI=1S/C16H11BrN2.HI/c1-19-15-7-6-11(17)8-10(15)9-14-16(19)12-4-2-3-5-13(12)18-14;/h2-9H,1H3;1H. The number of halogens is 2. The molecule has 2 heterocycles. The van der Waals surface area contributed by atoms with Gasteiger partial charge in [-0.25, -0.2) is 0 Å². The van der Waals surface area contributed by atoms with Crippen LogP contribution in [0.3, 0.4) is 0 Å². The summed E-state index contributed by atoms with van der Waals surface area (Å²) in [5.41, 5.74) is 4.85. The van der Waals surface area contributed by atoms with Gasteiger partial charge in [-0.3, -0.25) is 0 Å². The van der Waals surface area contributed by atoms with E-state index in [1.807, 2.05) is 0 Å². The summed E-state index contributed by atoms with van der Waals surface area (Å²) in [6, 6.07) is 17.0. The molecular weight excluding hydrogens is 427 g/mol. The normalized spacial score (nSPS) is 11.1. The molecule has 0 saturated heterocycles. The number of hydrogen-bond acceptors (Lipinski definition) is 0. The Balaban J connectivity index is 0.00000121. The number of fused-ring (bicyclic) bond motifs is 4. The molecule has 0 amide bonds. The van der Waals surface area contributed by atoms with Crippen LogP contribution in [-0.2, 0) is 7.05 Å². The van der Waals surface area contributed by atoms with Gasteiger partial charge >= 0.3 is 0 Å². The second-order valence-corrected chi connectivity index (χ2v) is 5.76. The third-order valence-electron chi connectivity index (χ3n) is 3.69. The molecular formula is C16H12BrIN2. The Labute approximate surface area is 141 Å². The summed E-state index contributed by atoms with van der Waals surface area (Å²) in [6.07, 6.45) is 0. The van der Waals surface area contributed by atoms with Crippen molar-refractivity contribution in [3.63, 3.8) is 0 Å². The molecule has 0 saturated carbocycles.